The number of esters is 1. The summed E-state index contributed by atoms with van der Waals surface area (Å²) in [7, 11) is 0. The Balaban J connectivity index is 1.29. The second kappa shape index (κ2) is 9.50. The third kappa shape index (κ3) is 4.49. The van der Waals surface area contributed by atoms with Crippen molar-refractivity contribution in [1.82, 2.24) is 5.01 Å². The lowest BCUT2D eigenvalue weighted by molar-refractivity contribution is -0.0190. The van der Waals surface area contributed by atoms with Gasteiger partial charge in [0.15, 0.2) is 0 Å². The standard InChI is InChI=1S/C28H20Br2N2O3S/c1-16-2-13-26(36-16)23-15-24-22-14-20(30)9-12-25(22)35-27(32(24)31-23)17-5-10-21(11-6-17)34-28(33)18-3-7-19(29)8-4-18/h2-14,24,27H,15H2,1H3/t24-,27+/m1/s1. The molecule has 5 nitrogen and oxygen atoms in total. The summed E-state index contributed by atoms with van der Waals surface area (Å²) in [5, 5.41) is 7.09. The van der Waals surface area contributed by atoms with E-state index in [9.17, 15) is 4.79 Å². The molecule has 3 aromatic carbocycles. The van der Waals surface area contributed by atoms with Gasteiger partial charge in [0.25, 0.3) is 0 Å². The van der Waals surface area contributed by atoms with Crippen molar-refractivity contribution >= 4 is 54.9 Å². The van der Waals surface area contributed by atoms with Crippen LogP contribution in [0, 0.1) is 6.92 Å². The summed E-state index contributed by atoms with van der Waals surface area (Å²) < 4.78 is 14.0. The maximum atomic E-state index is 12.5. The van der Waals surface area contributed by atoms with Gasteiger partial charge in [0.05, 0.1) is 22.2 Å². The minimum Gasteiger partial charge on any atom is -0.464 e. The summed E-state index contributed by atoms with van der Waals surface area (Å²) in [6.45, 7) is 2.11. The summed E-state index contributed by atoms with van der Waals surface area (Å²) in [6.07, 6.45) is 0.421. The van der Waals surface area contributed by atoms with Crippen LogP contribution in [0.5, 0.6) is 11.5 Å². The number of hydrogen-bond donors (Lipinski definition) is 0. The molecule has 2 atom stereocenters. The first-order chi connectivity index (χ1) is 17.4. The number of carbonyl (C=O) groups is 1. The van der Waals surface area contributed by atoms with Gasteiger partial charge in [-0.3, -0.25) is 0 Å². The third-order valence-corrected chi connectivity index (χ3v) is 8.30. The molecule has 0 spiro atoms. The Bertz CT molecular complexity index is 1480. The van der Waals surface area contributed by atoms with Crippen LogP contribution in [-0.2, 0) is 0 Å². The van der Waals surface area contributed by atoms with Crippen LogP contribution in [0.4, 0.5) is 0 Å². The molecule has 0 saturated heterocycles. The first-order valence-corrected chi connectivity index (χ1v) is 13.8. The Morgan fingerprint density at radius 2 is 1.75 bits per heavy atom. The highest BCUT2D eigenvalue weighted by molar-refractivity contribution is 9.10. The molecule has 3 heterocycles. The Morgan fingerprint density at radius 3 is 2.47 bits per heavy atom. The molecule has 0 aliphatic carbocycles. The SMILES string of the molecule is Cc1ccc(C2=NN3[C@H](C2)c2cc(Br)ccc2O[C@H]3c2ccc(OC(=O)c3ccc(Br)cc3)cc2)s1. The van der Waals surface area contributed by atoms with Crippen LogP contribution in [0.25, 0.3) is 0 Å². The first-order valence-electron chi connectivity index (χ1n) is 11.4. The number of hydrazone groups is 1. The number of hydrogen-bond acceptors (Lipinski definition) is 6. The third-order valence-electron chi connectivity index (χ3n) is 6.23. The van der Waals surface area contributed by atoms with Crippen molar-refractivity contribution < 1.29 is 14.3 Å². The van der Waals surface area contributed by atoms with Crippen LogP contribution >= 0.6 is 43.2 Å². The molecule has 1 aromatic heterocycles. The normalized spacial score (nSPS) is 18.2. The van der Waals surface area contributed by atoms with Crippen molar-refractivity contribution in [3.63, 3.8) is 0 Å². The molecule has 4 aromatic rings. The average Bonchev–Trinajstić information content (AvgIpc) is 3.51. The highest BCUT2D eigenvalue weighted by atomic mass is 79.9. The molecule has 0 N–H and O–H groups in total. The van der Waals surface area contributed by atoms with E-state index in [2.05, 4.69) is 62.0 Å². The van der Waals surface area contributed by atoms with Gasteiger partial charge in [0, 0.05) is 31.4 Å². The fraction of sp³-hybridized carbons (Fsp3) is 0.143. The number of rotatable bonds is 4. The molecule has 36 heavy (non-hydrogen) atoms. The zero-order valence-corrected chi connectivity index (χ0v) is 23.1. The topological polar surface area (TPSA) is 51.1 Å². The van der Waals surface area contributed by atoms with E-state index in [1.807, 2.05) is 36.4 Å². The summed E-state index contributed by atoms with van der Waals surface area (Å²) in [6, 6.07) is 25.0. The Kier molecular flexibility index (Phi) is 6.19. The van der Waals surface area contributed by atoms with E-state index in [1.165, 1.54) is 9.75 Å². The number of ether oxygens (including phenoxy) is 2. The molecule has 2 aliphatic heterocycles. The van der Waals surface area contributed by atoms with Crippen LogP contribution in [0.3, 0.4) is 0 Å². The number of thiophene rings is 1. The largest absolute Gasteiger partial charge is 0.464 e. The number of carbonyl (C=O) groups excluding carboxylic acids is 1. The highest BCUT2D eigenvalue weighted by Crippen LogP contribution is 2.48. The van der Waals surface area contributed by atoms with Gasteiger partial charge in [-0.05, 0) is 85.8 Å². The lowest BCUT2D eigenvalue weighted by Gasteiger charge is -2.38. The van der Waals surface area contributed by atoms with Crippen LogP contribution < -0.4 is 9.47 Å². The van der Waals surface area contributed by atoms with Crippen molar-refractivity contribution in [3.8, 4) is 11.5 Å². The van der Waals surface area contributed by atoms with E-state index in [1.54, 1.807) is 35.6 Å². The Morgan fingerprint density at radius 1 is 1.00 bits per heavy atom. The van der Waals surface area contributed by atoms with Gasteiger partial charge < -0.3 is 9.47 Å². The maximum absolute atomic E-state index is 12.5. The van der Waals surface area contributed by atoms with Gasteiger partial charge in [0.1, 0.15) is 11.5 Å². The van der Waals surface area contributed by atoms with Crippen LogP contribution in [0.1, 0.15) is 49.9 Å². The molecule has 0 unspecified atom stereocenters. The highest BCUT2D eigenvalue weighted by Gasteiger charge is 2.41. The van der Waals surface area contributed by atoms with Gasteiger partial charge >= 0.3 is 5.97 Å². The van der Waals surface area contributed by atoms with Crippen molar-refractivity contribution in [2.75, 3.05) is 0 Å². The minimum absolute atomic E-state index is 0.0727. The zero-order chi connectivity index (χ0) is 24.8. The quantitative estimate of drug-likeness (QED) is 0.170. The predicted octanol–water partition coefficient (Wildman–Crippen LogP) is 8.04. The lowest BCUT2D eigenvalue weighted by atomic mass is 9.97. The summed E-state index contributed by atoms with van der Waals surface area (Å²) in [4.78, 5) is 15.0. The molecule has 0 amide bonds. The molecule has 0 fully saturated rings. The van der Waals surface area contributed by atoms with Crippen molar-refractivity contribution in [3.05, 3.63) is 114 Å². The average molecular weight is 624 g/mol. The molecule has 0 bridgehead atoms. The van der Waals surface area contributed by atoms with Crippen LogP contribution in [0.2, 0.25) is 0 Å². The second-order valence-corrected chi connectivity index (χ2v) is 11.8. The van der Waals surface area contributed by atoms with Gasteiger partial charge in [-0.1, -0.05) is 31.9 Å². The van der Waals surface area contributed by atoms with E-state index >= 15 is 0 Å². The molecule has 8 heteroatoms. The van der Waals surface area contributed by atoms with E-state index in [4.69, 9.17) is 14.6 Å². The fourth-order valence-electron chi connectivity index (χ4n) is 4.47. The number of nitrogens with zero attached hydrogens (tertiary/aromatic N) is 2. The predicted molar refractivity (Wildman–Crippen MR) is 148 cm³/mol. The molecular formula is C28H20Br2N2O3S. The maximum Gasteiger partial charge on any atom is 0.343 e. The molecule has 180 valence electrons. The minimum atomic E-state index is -0.399. The second-order valence-electron chi connectivity index (χ2n) is 8.67. The smallest absolute Gasteiger partial charge is 0.343 e. The molecule has 0 radical (unpaired) electrons. The van der Waals surface area contributed by atoms with Gasteiger partial charge in [-0.2, -0.15) is 5.10 Å². The van der Waals surface area contributed by atoms with Gasteiger partial charge in [-0.15, -0.1) is 11.3 Å². The monoisotopic (exact) mass is 622 g/mol. The lowest BCUT2D eigenvalue weighted by Crippen LogP contribution is -2.33. The number of fused-ring (bicyclic) bond motifs is 3. The molecule has 2 aliphatic rings. The Hall–Kier alpha value is -2.94. The zero-order valence-electron chi connectivity index (χ0n) is 19.2. The van der Waals surface area contributed by atoms with Crippen molar-refractivity contribution in [2.45, 2.75) is 25.6 Å². The van der Waals surface area contributed by atoms with Crippen molar-refractivity contribution in [1.29, 1.82) is 0 Å². The van der Waals surface area contributed by atoms with E-state index in [0.29, 0.717) is 11.3 Å². The fourth-order valence-corrected chi connectivity index (χ4v) is 5.97. The number of benzene rings is 3. The summed E-state index contributed by atoms with van der Waals surface area (Å²) >= 11 is 8.74. The van der Waals surface area contributed by atoms with Gasteiger partial charge in [0.2, 0.25) is 6.23 Å². The molecule has 0 saturated carbocycles. The first kappa shape index (κ1) is 23.5. The Labute approximate surface area is 229 Å². The van der Waals surface area contributed by atoms with E-state index < -0.39 is 12.2 Å². The van der Waals surface area contributed by atoms with Gasteiger partial charge in [-0.25, -0.2) is 9.80 Å². The van der Waals surface area contributed by atoms with Crippen molar-refractivity contribution in [2.24, 2.45) is 5.10 Å². The number of aryl methyl sites for hydroxylation is 1. The molecular weight excluding hydrogens is 604 g/mol. The van der Waals surface area contributed by atoms with Crippen LogP contribution in [0.15, 0.2) is 92.9 Å². The van der Waals surface area contributed by atoms with E-state index in [0.717, 1.165) is 38.0 Å². The van der Waals surface area contributed by atoms with Crippen LogP contribution in [-0.4, -0.2) is 16.7 Å². The molecule has 6 rings (SSSR count). The van der Waals surface area contributed by atoms with E-state index in [-0.39, 0.29) is 6.04 Å². The summed E-state index contributed by atoms with van der Waals surface area (Å²) in [5.41, 5.74) is 3.61. The summed E-state index contributed by atoms with van der Waals surface area (Å²) in [5.74, 6) is 0.931. The number of halogens is 2.